The molecule has 2 aliphatic rings. The quantitative estimate of drug-likeness (QED) is 0.300. The SMILES string of the molecule is CC(C)C1CCCCC1NCC1(CC(N)=NO)CC1. The molecule has 2 unspecified atom stereocenters. The molecule has 0 heterocycles. The van der Waals surface area contributed by atoms with Crippen LogP contribution in [0.2, 0.25) is 0 Å². The maximum atomic E-state index is 8.70. The van der Waals surface area contributed by atoms with Gasteiger partial charge in [0, 0.05) is 19.0 Å². The first kappa shape index (κ1) is 14.6. The third kappa shape index (κ3) is 3.85. The summed E-state index contributed by atoms with van der Waals surface area (Å²) >= 11 is 0. The standard InChI is InChI=1S/C15H29N3O/c1-11(2)12-5-3-4-6-13(12)17-10-15(7-8-15)9-14(16)18-19/h11-13,17,19H,3-10H2,1-2H3,(H2,16,18). The van der Waals surface area contributed by atoms with Gasteiger partial charge in [0.2, 0.25) is 0 Å². The van der Waals surface area contributed by atoms with Crippen molar-refractivity contribution in [2.75, 3.05) is 6.54 Å². The molecule has 0 aromatic heterocycles. The van der Waals surface area contributed by atoms with Crippen LogP contribution in [0.5, 0.6) is 0 Å². The van der Waals surface area contributed by atoms with Crippen molar-refractivity contribution in [3.63, 3.8) is 0 Å². The summed E-state index contributed by atoms with van der Waals surface area (Å²) in [5, 5.41) is 15.6. The molecule has 0 bridgehead atoms. The monoisotopic (exact) mass is 267 g/mol. The summed E-state index contributed by atoms with van der Waals surface area (Å²) < 4.78 is 0. The lowest BCUT2D eigenvalue weighted by atomic mass is 9.77. The Bertz CT molecular complexity index is 323. The zero-order valence-corrected chi connectivity index (χ0v) is 12.4. The number of nitrogens with two attached hydrogens (primary N) is 1. The largest absolute Gasteiger partial charge is 0.409 e. The second kappa shape index (κ2) is 6.12. The van der Waals surface area contributed by atoms with Crippen molar-refractivity contribution in [1.29, 1.82) is 0 Å². The van der Waals surface area contributed by atoms with Crippen molar-refractivity contribution in [2.45, 2.75) is 64.8 Å². The van der Waals surface area contributed by atoms with Crippen LogP contribution in [0, 0.1) is 17.3 Å². The molecule has 0 saturated heterocycles. The van der Waals surface area contributed by atoms with E-state index in [1.54, 1.807) is 0 Å². The van der Waals surface area contributed by atoms with Crippen LogP contribution in [0.1, 0.15) is 58.8 Å². The molecule has 2 fully saturated rings. The third-order valence-corrected chi connectivity index (χ3v) is 5.06. The first-order chi connectivity index (χ1) is 9.06. The lowest BCUT2D eigenvalue weighted by molar-refractivity contribution is 0.197. The van der Waals surface area contributed by atoms with Crippen LogP contribution in [0.3, 0.4) is 0 Å². The molecule has 0 amide bonds. The Morgan fingerprint density at radius 3 is 2.63 bits per heavy atom. The fourth-order valence-corrected chi connectivity index (χ4v) is 3.57. The number of amidine groups is 1. The zero-order valence-electron chi connectivity index (χ0n) is 12.4. The predicted molar refractivity (Wildman–Crippen MR) is 78.3 cm³/mol. The van der Waals surface area contributed by atoms with E-state index in [9.17, 15) is 0 Å². The molecule has 2 rings (SSSR count). The Morgan fingerprint density at radius 2 is 2.05 bits per heavy atom. The second-order valence-corrected chi connectivity index (χ2v) is 6.95. The number of rotatable bonds is 6. The average Bonchev–Trinajstić information content (AvgIpc) is 3.16. The summed E-state index contributed by atoms with van der Waals surface area (Å²) in [4.78, 5) is 0. The Hall–Kier alpha value is -0.770. The molecule has 0 aromatic carbocycles. The fraction of sp³-hybridized carbons (Fsp3) is 0.933. The normalized spacial score (nSPS) is 30.6. The van der Waals surface area contributed by atoms with E-state index in [0.717, 1.165) is 24.8 Å². The lowest BCUT2D eigenvalue weighted by Crippen LogP contribution is -2.43. The highest BCUT2D eigenvalue weighted by molar-refractivity contribution is 5.80. The van der Waals surface area contributed by atoms with E-state index in [4.69, 9.17) is 10.9 Å². The molecule has 19 heavy (non-hydrogen) atoms. The van der Waals surface area contributed by atoms with E-state index in [1.807, 2.05) is 0 Å². The maximum absolute atomic E-state index is 8.70. The molecule has 0 spiro atoms. The maximum Gasteiger partial charge on any atom is 0.139 e. The number of nitrogens with zero attached hydrogens (tertiary/aromatic N) is 1. The Balaban J connectivity index is 1.83. The van der Waals surface area contributed by atoms with Gasteiger partial charge in [0.25, 0.3) is 0 Å². The minimum Gasteiger partial charge on any atom is -0.409 e. The Morgan fingerprint density at radius 1 is 1.37 bits per heavy atom. The number of hydrogen-bond donors (Lipinski definition) is 3. The van der Waals surface area contributed by atoms with Crippen molar-refractivity contribution >= 4 is 5.84 Å². The second-order valence-electron chi connectivity index (χ2n) is 6.95. The summed E-state index contributed by atoms with van der Waals surface area (Å²) in [6.07, 6.45) is 8.55. The molecular formula is C15H29N3O. The molecule has 4 heteroatoms. The molecule has 110 valence electrons. The molecule has 2 atom stereocenters. The number of nitrogens with one attached hydrogen (secondary N) is 1. The van der Waals surface area contributed by atoms with Crippen LogP contribution in [0.4, 0.5) is 0 Å². The highest BCUT2D eigenvalue weighted by atomic mass is 16.4. The Kier molecular flexibility index (Phi) is 4.71. The summed E-state index contributed by atoms with van der Waals surface area (Å²) in [6.45, 7) is 5.71. The smallest absolute Gasteiger partial charge is 0.139 e. The minimum absolute atomic E-state index is 0.273. The van der Waals surface area contributed by atoms with Crippen molar-refractivity contribution in [3.8, 4) is 0 Å². The summed E-state index contributed by atoms with van der Waals surface area (Å²) in [5.41, 5.74) is 5.93. The van der Waals surface area contributed by atoms with Crippen LogP contribution in [-0.2, 0) is 0 Å². The molecular weight excluding hydrogens is 238 g/mol. The van der Waals surface area contributed by atoms with E-state index in [-0.39, 0.29) is 5.41 Å². The van der Waals surface area contributed by atoms with Gasteiger partial charge in [0.1, 0.15) is 5.84 Å². The third-order valence-electron chi connectivity index (χ3n) is 5.06. The van der Waals surface area contributed by atoms with Gasteiger partial charge >= 0.3 is 0 Å². The molecule has 4 N–H and O–H groups in total. The van der Waals surface area contributed by atoms with Gasteiger partial charge in [-0.2, -0.15) is 0 Å². The summed E-state index contributed by atoms with van der Waals surface area (Å²) in [7, 11) is 0. The predicted octanol–water partition coefficient (Wildman–Crippen LogP) is 2.71. The van der Waals surface area contributed by atoms with Gasteiger partial charge in [0.15, 0.2) is 0 Å². The van der Waals surface area contributed by atoms with Crippen molar-refractivity contribution in [2.24, 2.45) is 28.1 Å². The van der Waals surface area contributed by atoms with E-state index in [0.29, 0.717) is 11.9 Å². The van der Waals surface area contributed by atoms with Gasteiger partial charge in [-0.15, -0.1) is 0 Å². The molecule has 4 nitrogen and oxygen atoms in total. The van der Waals surface area contributed by atoms with E-state index in [2.05, 4.69) is 24.3 Å². The van der Waals surface area contributed by atoms with Crippen LogP contribution in [0.15, 0.2) is 5.16 Å². The average molecular weight is 267 g/mol. The fourth-order valence-electron chi connectivity index (χ4n) is 3.57. The first-order valence-corrected chi connectivity index (χ1v) is 7.76. The van der Waals surface area contributed by atoms with Crippen molar-refractivity contribution in [3.05, 3.63) is 0 Å². The molecule has 0 aromatic rings. The summed E-state index contributed by atoms with van der Waals surface area (Å²) in [6, 6.07) is 0.665. The van der Waals surface area contributed by atoms with Gasteiger partial charge in [-0.25, -0.2) is 0 Å². The minimum atomic E-state index is 0.273. The highest BCUT2D eigenvalue weighted by Crippen LogP contribution is 2.48. The lowest BCUT2D eigenvalue weighted by Gasteiger charge is -2.36. The van der Waals surface area contributed by atoms with Crippen LogP contribution in [0.25, 0.3) is 0 Å². The van der Waals surface area contributed by atoms with Gasteiger partial charge in [0.05, 0.1) is 0 Å². The van der Waals surface area contributed by atoms with Gasteiger partial charge in [-0.05, 0) is 42.9 Å². The van der Waals surface area contributed by atoms with Gasteiger partial charge in [-0.1, -0.05) is 31.8 Å². The molecule has 2 saturated carbocycles. The molecule has 0 radical (unpaired) electrons. The van der Waals surface area contributed by atoms with Crippen LogP contribution < -0.4 is 11.1 Å². The zero-order chi connectivity index (χ0) is 13.9. The highest BCUT2D eigenvalue weighted by Gasteiger charge is 2.43. The first-order valence-electron chi connectivity index (χ1n) is 7.76. The van der Waals surface area contributed by atoms with Crippen molar-refractivity contribution in [1.82, 2.24) is 5.32 Å². The molecule has 0 aliphatic heterocycles. The van der Waals surface area contributed by atoms with Gasteiger partial charge in [-0.3, -0.25) is 0 Å². The molecule has 2 aliphatic carbocycles. The Labute approximate surface area is 116 Å². The topological polar surface area (TPSA) is 70.6 Å². The van der Waals surface area contributed by atoms with E-state index < -0.39 is 0 Å². The van der Waals surface area contributed by atoms with Crippen LogP contribution >= 0.6 is 0 Å². The van der Waals surface area contributed by atoms with Gasteiger partial charge < -0.3 is 16.3 Å². The van der Waals surface area contributed by atoms with E-state index >= 15 is 0 Å². The van der Waals surface area contributed by atoms with Crippen molar-refractivity contribution < 1.29 is 5.21 Å². The number of hydrogen-bond acceptors (Lipinski definition) is 3. The number of oxime groups is 1. The van der Waals surface area contributed by atoms with Crippen LogP contribution in [-0.4, -0.2) is 23.6 Å². The van der Waals surface area contributed by atoms with E-state index in [1.165, 1.54) is 38.5 Å². The summed E-state index contributed by atoms with van der Waals surface area (Å²) in [5.74, 6) is 1.95.